The maximum absolute atomic E-state index is 12.0. The van der Waals surface area contributed by atoms with Gasteiger partial charge in [0.05, 0.1) is 6.21 Å². The Bertz CT molecular complexity index is 643. The summed E-state index contributed by atoms with van der Waals surface area (Å²) in [7, 11) is 0. The molecule has 3 heteroatoms. The Kier molecular flexibility index (Phi) is 4.88. The van der Waals surface area contributed by atoms with E-state index in [0.29, 0.717) is 11.5 Å². The van der Waals surface area contributed by atoms with E-state index in [4.69, 9.17) is 0 Å². The Morgan fingerprint density at radius 3 is 2.38 bits per heavy atom. The van der Waals surface area contributed by atoms with Crippen LogP contribution in [0.2, 0.25) is 0 Å². The summed E-state index contributed by atoms with van der Waals surface area (Å²) >= 11 is 0. The lowest BCUT2D eigenvalue weighted by atomic mass is 10.0. The molecule has 0 aliphatic rings. The zero-order chi connectivity index (χ0) is 15.2. The number of benzene rings is 2. The SMILES string of the molecule is Cc1ccccc1C(=O)N/N=C/c1ccc(C(C)C)cc1. The van der Waals surface area contributed by atoms with Crippen molar-refractivity contribution < 1.29 is 4.79 Å². The van der Waals surface area contributed by atoms with Gasteiger partial charge in [-0.1, -0.05) is 56.3 Å². The summed E-state index contributed by atoms with van der Waals surface area (Å²) in [5.74, 6) is 0.319. The average Bonchev–Trinajstić information content (AvgIpc) is 2.48. The fraction of sp³-hybridized carbons (Fsp3) is 0.222. The second-order valence-corrected chi connectivity index (χ2v) is 5.34. The third kappa shape index (κ3) is 4.02. The predicted molar refractivity (Wildman–Crippen MR) is 86.8 cm³/mol. The molecule has 0 aliphatic carbocycles. The van der Waals surface area contributed by atoms with E-state index in [-0.39, 0.29) is 5.91 Å². The quantitative estimate of drug-likeness (QED) is 0.670. The van der Waals surface area contributed by atoms with Crippen LogP contribution in [0.15, 0.2) is 53.6 Å². The minimum absolute atomic E-state index is 0.192. The highest BCUT2D eigenvalue weighted by Crippen LogP contribution is 2.13. The monoisotopic (exact) mass is 280 g/mol. The van der Waals surface area contributed by atoms with Crippen molar-refractivity contribution in [3.05, 3.63) is 70.8 Å². The van der Waals surface area contributed by atoms with Gasteiger partial charge in [-0.2, -0.15) is 5.10 Å². The Morgan fingerprint density at radius 2 is 1.76 bits per heavy atom. The fourth-order valence-corrected chi connectivity index (χ4v) is 2.02. The summed E-state index contributed by atoms with van der Waals surface area (Å²) in [5, 5.41) is 4.01. The topological polar surface area (TPSA) is 41.5 Å². The number of aryl methyl sites for hydroxylation is 1. The van der Waals surface area contributed by atoms with Crippen LogP contribution >= 0.6 is 0 Å². The molecule has 1 amide bonds. The van der Waals surface area contributed by atoms with Crippen LogP contribution in [0.3, 0.4) is 0 Å². The van der Waals surface area contributed by atoms with Crippen molar-refractivity contribution >= 4 is 12.1 Å². The van der Waals surface area contributed by atoms with Gasteiger partial charge in [0.1, 0.15) is 0 Å². The molecule has 0 fully saturated rings. The van der Waals surface area contributed by atoms with E-state index in [1.807, 2.05) is 37.3 Å². The first-order chi connectivity index (χ1) is 10.1. The lowest BCUT2D eigenvalue weighted by Gasteiger charge is -2.05. The molecule has 0 heterocycles. The highest BCUT2D eigenvalue weighted by Gasteiger charge is 2.06. The van der Waals surface area contributed by atoms with E-state index in [0.717, 1.165) is 11.1 Å². The molecule has 0 atom stereocenters. The summed E-state index contributed by atoms with van der Waals surface area (Å²) in [5.41, 5.74) is 6.39. The van der Waals surface area contributed by atoms with Gasteiger partial charge in [-0.05, 0) is 35.6 Å². The molecule has 2 aromatic carbocycles. The minimum atomic E-state index is -0.192. The van der Waals surface area contributed by atoms with E-state index in [1.54, 1.807) is 12.3 Å². The lowest BCUT2D eigenvalue weighted by Crippen LogP contribution is -2.18. The van der Waals surface area contributed by atoms with Crippen LogP contribution in [-0.4, -0.2) is 12.1 Å². The summed E-state index contributed by atoms with van der Waals surface area (Å²) < 4.78 is 0. The Hall–Kier alpha value is -2.42. The molecular weight excluding hydrogens is 260 g/mol. The molecular formula is C18H20N2O. The van der Waals surface area contributed by atoms with Crippen molar-refractivity contribution in [2.24, 2.45) is 5.10 Å². The fourth-order valence-electron chi connectivity index (χ4n) is 2.02. The number of hydrazone groups is 1. The number of hydrogen-bond acceptors (Lipinski definition) is 2. The molecule has 1 N–H and O–H groups in total. The molecule has 0 aromatic heterocycles. The van der Waals surface area contributed by atoms with Gasteiger partial charge < -0.3 is 0 Å². The smallest absolute Gasteiger partial charge is 0.267 e. The second kappa shape index (κ2) is 6.84. The van der Waals surface area contributed by atoms with Crippen LogP contribution in [0.5, 0.6) is 0 Å². The number of carbonyl (C=O) groups is 1. The minimum Gasteiger partial charge on any atom is -0.267 e. The first-order valence-corrected chi connectivity index (χ1v) is 7.07. The third-order valence-electron chi connectivity index (χ3n) is 3.37. The molecule has 0 spiro atoms. The maximum atomic E-state index is 12.0. The van der Waals surface area contributed by atoms with Crippen LogP contribution in [0, 0.1) is 6.92 Å². The molecule has 0 aliphatic heterocycles. The summed E-state index contributed by atoms with van der Waals surface area (Å²) in [6.45, 7) is 6.22. The molecule has 3 nitrogen and oxygen atoms in total. The molecule has 2 aromatic rings. The van der Waals surface area contributed by atoms with Gasteiger partial charge in [-0.25, -0.2) is 5.43 Å². The number of carbonyl (C=O) groups excluding carboxylic acids is 1. The number of hydrogen-bond donors (Lipinski definition) is 1. The van der Waals surface area contributed by atoms with Gasteiger partial charge in [-0.15, -0.1) is 0 Å². The van der Waals surface area contributed by atoms with Crippen LogP contribution in [0.1, 0.15) is 46.8 Å². The standard InChI is InChI=1S/C18H20N2O/c1-13(2)16-10-8-15(9-11-16)12-19-20-18(21)17-7-5-4-6-14(17)3/h4-13H,1-3H3,(H,20,21)/b19-12+. The van der Waals surface area contributed by atoms with Gasteiger partial charge in [0.15, 0.2) is 0 Å². The van der Waals surface area contributed by atoms with Gasteiger partial charge in [0.25, 0.3) is 5.91 Å². The Balaban J connectivity index is 1.99. The normalized spacial score (nSPS) is 11.0. The van der Waals surface area contributed by atoms with E-state index >= 15 is 0 Å². The Labute approximate surface area is 125 Å². The summed E-state index contributed by atoms with van der Waals surface area (Å²) in [6, 6.07) is 15.6. The number of rotatable bonds is 4. The molecule has 21 heavy (non-hydrogen) atoms. The van der Waals surface area contributed by atoms with Gasteiger partial charge in [0.2, 0.25) is 0 Å². The number of nitrogens with one attached hydrogen (secondary N) is 1. The maximum Gasteiger partial charge on any atom is 0.271 e. The summed E-state index contributed by atoms with van der Waals surface area (Å²) in [4.78, 5) is 12.0. The zero-order valence-electron chi connectivity index (χ0n) is 12.6. The van der Waals surface area contributed by atoms with Crippen molar-refractivity contribution in [2.75, 3.05) is 0 Å². The summed E-state index contributed by atoms with van der Waals surface area (Å²) in [6.07, 6.45) is 1.65. The van der Waals surface area contributed by atoms with Crippen molar-refractivity contribution in [3.63, 3.8) is 0 Å². The number of amides is 1. The Morgan fingerprint density at radius 1 is 1.10 bits per heavy atom. The van der Waals surface area contributed by atoms with E-state index in [2.05, 4.69) is 36.5 Å². The highest BCUT2D eigenvalue weighted by atomic mass is 16.2. The highest BCUT2D eigenvalue weighted by molar-refractivity contribution is 5.96. The molecule has 0 radical (unpaired) electrons. The first kappa shape index (κ1) is 15.0. The van der Waals surface area contributed by atoms with Crippen molar-refractivity contribution in [3.8, 4) is 0 Å². The van der Waals surface area contributed by atoms with Gasteiger partial charge >= 0.3 is 0 Å². The van der Waals surface area contributed by atoms with Crippen molar-refractivity contribution in [1.82, 2.24) is 5.43 Å². The van der Waals surface area contributed by atoms with Crippen LogP contribution in [-0.2, 0) is 0 Å². The van der Waals surface area contributed by atoms with Crippen LogP contribution in [0.4, 0.5) is 0 Å². The second-order valence-electron chi connectivity index (χ2n) is 5.34. The average molecular weight is 280 g/mol. The molecule has 108 valence electrons. The van der Waals surface area contributed by atoms with Crippen LogP contribution < -0.4 is 5.43 Å². The largest absolute Gasteiger partial charge is 0.271 e. The molecule has 0 bridgehead atoms. The molecule has 2 rings (SSSR count). The molecule has 0 saturated carbocycles. The van der Waals surface area contributed by atoms with E-state index in [1.165, 1.54) is 5.56 Å². The first-order valence-electron chi connectivity index (χ1n) is 7.07. The van der Waals surface area contributed by atoms with Gasteiger partial charge in [-0.3, -0.25) is 4.79 Å². The third-order valence-corrected chi connectivity index (χ3v) is 3.37. The van der Waals surface area contributed by atoms with Crippen molar-refractivity contribution in [2.45, 2.75) is 26.7 Å². The van der Waals surface area contributed by atoms with Crippen LogP contribution in [0.25, 0.3) is 0 Å². The van der Waals surface area contributed by atoms with Gasteiger partial charge in [0, 0.05) is 5.56 Å². The predicted octanol–water partition coefficient (Wildman–Crippen LogP) is 3.88. The van der Waals surface area contributed by atoms with E-state index in [9.17, 15) is 4.79 Å². The lowest BCUT2D eigenvalue weighted by molar-refractivity contribution is 0.0954. The zero-order valence-corrected chi connectivity index (χ0v) is 12.6. The molecule has 0 unspecified atom stereocenters. The number of nitrogens with zero attached hydrogens (tertiary/aromatic N) is 1. The molecule has 0 saturated heterocycles. The van der Waals surface area contributed by atoms with Crippen molar-refractivity contribution in [1.29, 1.82) is 0 Å². The van der Waals surface area contributed by atoms with E-state index < -0.39 is 0 Å².